The number of nitrogens with zero attached hydrogens (tertiary/aromatic N) is 3. The van der Waals surface area contributed by atoms with Crippen LogP contribution in [-0.2, 0) is 22.4 Å². The van der Waals surface area contributed by atoms with Gasteiger partial charge in [0.2, 0.25) is 0 Å². The van der Waals surface area contributed by atoms with E-state index in [1.165, 1.54) is 12.0 Å². The lowest BCUT2D eigenvalue weighted by molar-refractivity contribution is -0.145. The molecule has 0 aliphatic carbocycles. The highest BCUT2D eigenvalue weighted by atomic mass is 79.9. The third-order valence-corrected chi connectivity index (χ3v) is 6.41. The van der Waals surface area contributed by atoms with Crippen LogP contribution in [0.25, 0.3) is 0 Å². The second-order valence-corrected chi connectivity index (χ2v) is 8.98. The first-order valence-corrected chi connectivity index (χ1v) is 12.2. The molecule has 0 aromatic carbocycles. The van der Waals surface area contributed by atoms with Gasteiger partial charge in [-0.25, -0.2) is 15.0 Å². The minimum absolute atomic E-state index is 0.174. The highest BCUT2D eigenvalue weighted by molar-refractivity contribution is 9.10. The van der Waals surface area contributed by atoms with Gasteiger partial charge in [0.05, 0.1) is 18.2 Å². The molecule has 0 saturated carbocycles. The lowest BCUT2D eigenvalue weighted by Gasteiger charge is -2.18. The van der Waals surface area contributed by atoms with Gasteiger partial charge in [0, 0.05) is 29.0 Å². The fourth-order valence-electron chi connectivity index (χ4n) is 3.99. The predicted octanol–water partition coefficient (Wildman–Crippen LogP) is 5.53. The van der Waals surface area contributed by atoms with Crippen molar-refractivity contribution < 1.29 is 9.53 Å². The SMILES string of the molecule is CCOC(=O)C(CCCCCCCc1nc2c(cc1Br)CCCN2)c1cnc(C)nc1. The van der Waals surface area contributed by atoms with E-state index >= 15 is 0 Å². The minimum Gasteiger partial charge on any atom is -0.466 e. The van der Waals surface area contributed by atoms with Crippen LogP contribution >= 0.6 is 15.9 Å². The molecular weight excluding hydrogens is 456 g/mol. The second kappa shape index (κ2) is 12.1. The number of carbonyl (C=O) groups excluding carboxylic acids is 1. The molecular formula is C24H33BrN4O2. The fraction of sp³-hybridized carbons (Fsp3) is 0.583. The van der Waals surface area contributed by atoms with Crippen molar-refractivity contribution in [1.82, 2.24) is 15.0 Å². The summed E-state index contributed by atoms with van der Waals surface area (Å²) in [5.74, 6) is 1.33. The van der Waals surface area contributed by atoms with E-state index in [0.29, 0.717) is 12.4 Å². The normalized spacial score (nSPS) is 13.9. The third-order valence-electron chi connectivity index (χ3n) is 5.72. The number of rotatable bonds is 11. The van der Waals surface area contributed by atoms with Crippen molar-refractivity contribution in [3.8, 4) is 0 Å². The van der Waals surface area contributed by atoms with E-state index in [1.54, 1.807) is 12.4 Å². The summed E-state index contributed by atoms with van der Waals surface area (Å²) in [7, 11) is 0. The van der Waals surface area contributed by atoms with Gasteiger partial charge >= 0.3 is 5.97 Å². The lowest BCUT2D eigenvalue weighted by atomic mass is 9.95. The molecule has 0 radical (unpaired) electrons. The van der Waals surface area contributed by atoms with Crippen molar-refractivity contribution >= 4 is 27.7 Å². The van der Waals surface area contributed by atoms with Crippen LogP contribution in [-0.4, -0.2) is 34.1 Å². The minimum atomic E-state index is -0.274. The van der Waals surface area contributed by atoms with E-state index in [9.17, 15) is 4.79 Å². The van der Waals surface area contributed by atoms with Crippen LogP contribution in [0.2, 0.25) is 0 Å². The molecule has 2 aromatic rings. The van der Waals surface area contributed by atoms with Crippen LogP contribution in [0.3, 0.4) is 0 Å². The summed E-state index contributed by atoms with van der Waals surface area (Å²) in [5.41, 5.74) is 3.31. The Morgan fingerprint density at radius 2 is 1.94 bits per heavy atom. The van der Waals surface area contributed by atoms with Gasteiger partial charge in [-0.1, -0.05) is 25.7 Å². The molecule has 1 unspecified atom stereocenters. The number of fused-ring (bicyclic) bond motifs is 1. The maximum absolute atomic E-state index is 12.4. The summed E-state index contributed by atoms with van der Waals surface area (Å²) in [6, 6.07) is 2.23. The van der Waals surface area contributed by atoms with E-state index < -0.39 is 0 Å². The molecule has 0 amide bonds. The molecule has 7 heteroatoms. The standard InChI is InChI=1S/C24H33BrN4O2/c1-3-31-24(30)20(19-15-27-17(2)28-16-19)11-7-5-4-6-8-12-22-21(25)14-18-10-9-13-26-23(18)29-22/h14-16,20H,3-13H2,1-2H3,(H,26,29). The first kappa shape index (κ1) is 23.6. The summed E-state index contributed by atoms with van der Waals surface area (Å²) in [6.45, 7) is 5.09. The molecule has 1 N–H and O–H groups in total. The topological polar surface area (TPSA) is 77.0 Å². The number of ether oxygens (including phenoxy) is 1. The summed E-state index contributed by atoms with van der Waals surface area (Å²) < 4.78 is 6.40. The first-order valence-electron chi connectivity index (χ1n) is 11.5. The number of anilines is 1. The number of hydrogen-bond donors (Lipinski definition) is 1. The van der Waals surface area contributed by atoms with Gasteiger partial charge in [-0.2, -0.15) is 0 Å². The van der Waals surface area contributed by atoms with Crippen molar-refractivity contribution in [2.24, 2.45) is 0 Å². The second-order valence-electron chi connectivity index (χ2n) is 8.13. The Bertz CT molecular complexity index is 857. The van der Waals surface area contributed by atoms with Gasteiger partial charge in [-0.05, 0) is 73.5 Å². The third kappa shape index (κ3) is 6.99. The quantitative estimate of drug-likeness (QED) is 0.330. The van der Waals surface area contributed by atoms with Crippen LogP contribution in [0.1, 0.15) is 80.4 Å². The molecule has 2 aromatic heterocycles. The average Bonchev–Trinajstić information content (AvgIpc) is 2.77. The molecule has 31 heavy (non-hydrogen) atoms. The first-order chi connectivity index (χ1) is 15.1. The average molecular weight is 489 g/mol. The Morgan fingerprint density at radius 1 is 1.19 bits per heavy atom. The molecule has 168 valence electrons. The molecule has 0 spiro atoms. The van der Waals surface area contributed by atoms with Gasteiger partial charge in [-0.3, -0.25) is 4.79 Å². The maximum Gasteiger partial charge on any atom is 0.313 e. The number of hydrogen-bond acceptors (Lipinski definition) is 6. The van der Waals surface area contributed by atoms with Crippen LogP contribution < -0.4 is 5.32 Å². The van der Waals surface area contributed by atoms with Gasteiger partial charge in [0.1, 0.15) is 11.6 Å². The summed E-state index contributed by atoms with van der Waals surface area (Å²) >= 11 is 3.69. The molecule has 1 aliphatic rings. The number of halogens is 1. The molecule has 3 heterocycles. The molecule has 1 atom stereocenters. The lowest BCUT2D eigenvalue weighted by Crippen LogP contribution is -2.17. The van der Waals surface area contributed by atoms with Crippen molar-refractivity contribution in [2.45, 2.75) is 77.6 Å². The van der Waals surface area contributed by atoms with E-state index in [2.05, 4.69) is 37.3 Å². The molecule has 0 saturated heterocycles. The monoisotopic (exact) mass is 488 g/mol. The molecule has 6 nitrogen and oxygen atoms in total. The smallest absolute Gasteiger partial charge is 0.313 e. The highest BCUT2D eigenvalue weighted by Crippen LogP contribution is 2.27. The molecule has 0 fully saturated rings. The van der Waals surface area contributed by atoms with Crippen molar-refractivity contribution in [3.05, 3.63) is 45.6 Å². The Morgan fingerprint density at radius 3 is 2.71 bits per heavy atom. The maximum atomic E-state index is 12.4. The van der Waals surface area contributed by atoms with Crippen LogP contribution in [0.4, 0.5) is 5.82 Å². The summed E-state index contributed by atoms with van der Waals surface area (Å²) in [4.78, 5) is 25.7. The van der Waals surface area contributed by atoms with Crippen molar-refractivity contribution in [2.75, 3.05) is 18.5 Å². The van der Waals surface area contributed by atoms with Gasteiger partial charge in [-0.15, -0.1) is 0 Å². The van der Waals surface area contributed by atoms with E-state index in [1.807, 2.05) is 13.8 Å². The van der Waals surface area contributed by atoms with Gasteiger partial charge in [0.15, 0.2) is 0 Å². The number of pyridine rings is 1. The van der Waals surface area contributed by atoms with Crippen LogP contribution in [0, 0.1) is 6.92 Å². The largest absolute Gasteiger partial charge is 0.466 e. The van der Waals surface area contributed by atoms with E-state index in [0.717, 1.165) is 79.5 Å². The van der Waals surface area contributed by atoms with E-state index in [4.69, 9.17) is 9.72 Å². The zero-order chi connectivity index (χ0) is 22.1. The molecule has 1 aliphatic heterocycles. The Hall–Kier alpha value is -2.02. The van der Waals surface area contributed by atoms with Crippen molar-refractivity contribution in [3.63, 3.8) is 0 Å². The molecule has 0 bridgehead atoms. The zero-order valence-corrected chi connectivity index (χ0v) is 20.2. The van der Waals surface area contributed by atoms with Gasteiger partial charge < -0.3 is 10.1 Å². The number of nitrogens with one attached hydrogen (secondary N) is 1. The Balaban J connectivity index is 1.40. The zero-order valence-electron chi connectivity index (χ0n) is 18.6. The van der Waals surface area contributed by atoms with Crippen LogP contribution in [0.5, 0.6) is 0 Å². The number of aryl methyl sites for hydroxylation is 3. The highest BCUT2D eigenvalue weighted by Gasteiger charge is 2.22. The Labute approximate surface area is 193 Å². The van der Waals surface area contributed by atoms with Crippen molar-refractivity contribution in [1.29, 1.82) is 0 Å². The Kier molecular flexibility index (Phi) is 9.25. The summed E-state index contributed by atoms with van der Waals surface area (Å²) in [6.07, 6.45) is 13.1. The predicted molar refractivity (Wildman–Crippen MR) is 126 cm³/mol. The van der Waals surface area contributed by atoms with Crippen LogP contribution in [0.15, 0.2) is 22.9 Å². The van der Waals surface area contributed by atoms with Gasteiger partial charge in [0.25, 0.3) is 0 Å². The molecule has 3 rings (SSSR count). The fourth-order valence-corrected chi connectivity index (χ4v) is 4.55. The van der Waals surface area contributed by atoms with E-state index in [-0.39, 0.29) is 11.9 Å². The number of carbonyl (C=O) groups is 1. The number of unbranched alkanes of at least 4 members (excludes halogenated alkanes) is 4. The number of esters is 1. The number of aromatic nitrogens is 3. The summed E-state index contributed by atoms with van der Waals surface area (Å²) in [5, 5.41) is 3.42.